The molecule has 0 spiro atoms. The highest BCUT2D eigenvalue weighted by Gasteiger charge is 2.30. The van der Waals surface area contributed by atoms with Crippen LogP contribution in [0, 0.1) is 13.8 Å². The van der Waals surface area contributed by atoms with Crippen LogP contribution < -0.4 is 24.4 Å². The van der Waals surface area contributed by atoms with Gasteiger partial charge in [0, 0.05) is 57.2 Å². The van der Waals surface area contributed by atoms with Gasteiger partial charge in [-0.05, 0) is 55.8 Å². The Morgan fingerprint density at radius 2 is 1.71 bits per heavy atom. The number of rotatable bonds is 12. The van der Waals surface area contributed by atoms with E-state index in [4.69, 9.17) is 14.2 Å². The highest BCUT2D eigenvalue weighted by molar-refractivity contribution is 5.89. The number of methoxy groups -OCH3 is 1. The van der Waals surface area contributed by atoms with Gasteiger partial charge in [0.15, 0.2) is 11.5 Å². The van der Waals surface area contributed by atoms with Gasteiger partial charge in [-0.1, -0.05) is 48.5 Å². The first-order chi connectivity index (χ1) is 21.9. The fourth-order valence-corrected chi connectivity index (χ4v) is 5.40. The van der Waals surface area contributed by atoms with Crippen molar-refractivity contribution in [2.75, 3.05) is 70.2 Å². The third kappa shape index (κ3) is 8.29. The van der Waals surface area contributed by atoms with Gasteiger partial charge in [0.05, 0.1) is 13.2 Å². The number of carbonyl (C=O) groups is 1. The number of anilines is 2. The number of amides is 1. The van der Waals surface area contributed by atoms with E-state index in [-0.39, 0.29) is 0 Å². The molecule has 1 aliphatic heterocycles. The molecular formula is C35H42N6O4. The first kappa shape index (κ1) is 31.7. The van der Waals surface area contributed by atoms with Crippen LogP contribution in [0.2, 0.25) is 0 Å². The lowest BCUT2D eigenvalue weighted by Crippen LogP contribution is -2.45. The summed E-state index contributed by atoms with van der Waals surface area (Å²) in [4.78, 5) is 28.8. The fraction of sp³-hybridized carbons (Fsp3) is 0.343. The predicted octanol–water partition coefficient (Wildman–Crippen LogP) is 5.59. The van der Waals surface area contributed by atoms with E-state index in [1.165, 1.54) is 6.33 Å². The zero-order valence-electron chi connectivity index (χ0n) is 26.5. The van der Waals surface area contributed by atoms with Crippen LogP contribution in [-0.4, -0.2) is 85.9 Å². The van der Waals surface area contributed by atoms with Crippen molar-refractivity contribution in [2.24, 2.45) is 0 Å². The lowest BCUT2D eigenvalue weighted by molar-refractivity contribution is 0.133. The standard InChI is InChI=1S/C35H42N6O4/c1-26-9-8-10-27(2)34(26)45-35(42)41(33-15-16-36-25-38-33)30(28-11-6-5-7-12-28)24-37-29-13-14-31(32(23-29)43-4)44-22-21-40-19-17-39(3)18-20-40/h5-16,23,25,30,37H,17-22,24H2,1-4H3/t30-/m1/s1. The highest BCUT2D eigenvalue weighted by Crippen LogP contribution is 2.33. The normalized spacial score (nSPS) is 14.4. The third-order valence-corrected chi connectivity index (χ3v) is 8.03. The van der Waals surface area contributed by atoms with Gasteiger partial charge in [0.25, 0.3) is 0 Å². The SMILES string of the molecule is COc1cc(NC[C@H](c2ccccc2)N(C(=O)Oc2c(C)cccc2C)c2ccncn2)ccc1OCCN1CCN(C)CC1. The minimum absolute atomic E-state index is 0.364. The van der Waals surface area contributed by atoms with E-state index in [2.05, 4.69) is 32.1 Å². The summed E-state index contributed by atoms with van der Waals surface area (Å²) in [7, 11) is 3.79. The molecule has 4 aromatic rings. The van der Waals surface area contributed by atoms with Crippen molar-refractivity contribution in [3.63, 3.8) is 0 Å². The molecule has 10 heteroatoms. The molecule has 45 heavy (non-hydrogen) atoms. The summed E-state index contributed by atoms with van der Waals surface area (Å²) in [5.41, 5.74) is 3.49. The summed E-state index contributed by atoms with van der Waals surface area (Å²) in [6.45, 7) is 9.91. The number of carbonyl (C=O) groups excluding carboxylic acids is 1. The monoisotopic (exact) mass is 610 g/mol. The number of piperazine rings is 1. The number of hydrogen-bond donors (Lipinski definition) is 1. The summed E-state index contributed by atoms with van der Waals surface area (Å²) < 4.78 is 17.9. The van der Waals surface area contributed by atoms with E-state index in [1.54, 1.807) is 24.3 Å². The van der Waals surface area contributed by atoms with Gasteiger partial charge in [-0.15, -0.1) is 0 Å². The van der Waals surface area contributed by atoms with Gasteiger partial charge >= 0.3 is 6.09 Å². The van der Waals surface area contributed by atoms with Crippen LogP contribution >= 0.6 is 0 Å². The van der Waals surface area contributed by atoms with Crippen LogP contribution in [0.1, 0.15) is 22.7 Å². The molecule has 0 saturated carbocycles. The van der Waals surface area contributed by atoms with Crippen LogP contribution in [-0.2, 0) is 0 Å². The Morgan fingerprint density at radius 1 is 0.956 bits per heavy atom. The van der Waals surface area contributed by atoms with E-state index in [1.807, 2.05) is 80.6 Å². The van der Waals surface area contributed by atoms with Crippen molar-refractivity contribution < 1.29 is 19.0 Å². The maximum absolute atomic E-state index is 14.0. The van der Waals surface area contributed by atoms with Crippen molar-refractivity contribution in [2.45, 2.75) is 19.9 Å². The van der Waals surface area contributed by atoms with E-state index in [0.29, 0.717) is 36.2 Å². The molecule has 5 rings (SSSR count). The number of nitrogens with zero attached hydrogens (tertiary/aromatic N) is 5. The van der Waals surface area contributed by atoms with Crippen molar-refractivity contribution in [1.29, 1.82) is 0 Å². The zero-order chi connectivity index (χ0) is 31.6. The second-order valence-corrected chi connectivity index (χ2v) is 11.2. The molecule has 0 aliphatic carbocycles. The molecule has 0 bridgehead atoms. The highest BCUT2D eigenvalue weighted by atomic mass is 16.6. The van der Waals surface area contributed by atoms with Gasteiger partial charge < -0.3 is 24.4 Å². The minimum Gasteiger partial charge on any atom is -0.493 e. The second-order valence-electron chi connectivity index (χ2n) is 11.2. The Labute approximate surface area is 265 Å². The molecule has 0 radical (unpaired) electrons. The molecule has 2 heterocycles. The summed E-state index contributed by atoms with van der Waals surface area (Å²) >= 11 is 0. The minimum atomic E-state index is -0.538. The van der Waals surface area contributed by atoms with E-state index in [0.717, 1.165) is 55.1 Å². The van der Waals surface area contributed by atoms with Gasteiger partial charge in [-0.25, -0.2) is 14.8 Å². The van der Waals surface area contributed by atoms with Gasteiger partial charge in [-0.3, -0.25) is 9.80 Å². The van der Waals surface area contributed by atoms with Crippen molar-refractivity contribution in [1.82, 2.24) is 19.8 Å². The summed E-state index contributed by atoms with van der Waals surface area (Å²) in [5, 5.41) is 3.51. The first-order valence-electron chi connectivity index (χ1n) is 15.3. The van der Waals surface area contributed by atoms with Crippen molar-refractivity contribution in [3.05, 3.63) is 102 Å². The Balaban J connectivity index is 1.35. The smallest absolute Gasteiger partial charge is 0.421 e. The lowest BCUT2D eigenvalue weighted by Gasteiger charge is -2.32. The Bertz CT molecular complexity index is 1510. The zero-order valence-corrected chi connectivity index (χ0v) is 26.5. The Kier molecular flexibility index (Phi) is 10.8. The molecule has 1 saturated heterocycles. The summed E-state index contributed by atoms with van der Waals surface area (Å²) in [5.74, 6) is 2.29. The molecule has 1 N–H and O–H groups in total. The number of para-hydroxylation sites is 1. The van der Waals surface area contributed by atoms with Crippen LogP contribution in [0.25, 0.3) is 0 Å². The third-order valence-electron chi connectivity index (χ3n) is 8.03. The molecule has 1 aliphatic rings. The van der Waals surface area contributed by atoms with E-state index >= 15 is 0 Å². The first-order valence-corrected chi connectivity index (χ1v) is 15.3. The maximum atomic E-state index is 14.0. The van der Waals surface area contributed by atoms with Crippen LogP contribution in [0.3, 0.4) is 0 Å². The number of ether oxygens (including phenoxy) is 3. The second kappa shape index (κ2) is 15.4. The number of nitrogens with one attached hydrogen (secondary N) is 1. The largest absolute Gasteiger partial charge is 0.493 e. The summed E-state index contributed by atoms with van der Waals surface area (Å²) in [6.07, 6.45) is 2.51. The maximum Gasteiger partial charge on any atom is 0.421 e. The van der Waals surface area contributed by atoms with Crippen LogP contribution in [0.15, 0.2) is 85.3 Å². The number of benzene rings is 3. The molecule has 3 aromatic carbocycles. The molecule has 10 nitrogen and oxygen atoms in total. The Hall–Kier alpha value is -4.67. The quantitative estimate of drug-likeness (QED) is 0.221. The van der Waals surface area contributed by atoms with Gasteiger partial charge in [0.1, 0.15) is 24.5 Å². The topological polar surface area (TPSA) is 92.3 Å². The number of likely N-dealkylation sites (N-methyl/N-ethyl adjacent to an activating group) is 1. The van der Waals surface area contributed by atoms with Crippen LogP contribution in [0.5, 0.6) is 17.2 Å². The van der Waals surface area contributed by atoms with Crippen LogP contribution in [0.4, 0.5) is 16.3 Å². The molecule has 1 aromatic heterocycles. The van der Waals surface area contributed by atoms with Crippen molar-refractivity contribution in [3.8, 4) is 17.2 Å². The number of hydrogen-bond acceptors (Lipinski definition) is 9. The molecular weight excluding hydrogens is 568 g/mol. The summed E-state index contributed by atoms with van der Waals surface area (Å²) in [6, 6.07) is 22.7. The molecule has 1 atom stereocenters. The average Bonchev–Trinajstić information content (AvgIpc) is 3.06. The van der Waals surface area contributed by atoms with Crippen molar-refractivity contribution >= 4 is 17.6 Å². The van der Waals surface area contributed by atoms with E-state index in [9.17, 15) is 4.79 Å². The average molecular weight is 611 g/mol. The predicted molar refractivity (Wildman–Crippen MR) is 177 cm³/mol. The fourth-order valence-electron chi connectivity index (χ4n) is 5.40. The number of aryl methyl sites for hydroxylation is 2. The van der Waals surface area contributed by atoms with Gasteiger partial charge in [0.2, 0.25) is 0 Å². The molecule has 0 unspecified atom stereocenters. The van der Waals surface area contributed by atoms with Gasteiger partial charge in [-0.2, -0.15) is 0 Å². The molecule has 1 fully saturated rings. The van der Waals surface area contributed by atoms with E-state index < -0.39 is 12.1 Å². The lowest BCUT2D eigenvalue weighted by atomic mass is 10.0. The molecule has 1 amide bonds. The number of aromatic nitrogens is 2. The Morgan fingerprint density at radius 3 is 2.40 bits per heavy atom. The molecule has 236 valence electrons.